The second-order valence-electron chi connectivity index (χ2n) is 9.15. The Hall–Kier alpha value is -0.960. The molecule has 3 aliphatic rings. The molecule has 2 unspecified atom stereocenters. The van der Waals surface area contributed by atoms with E-state index in [-0.39, 0.29) is 28.1 Å². The summed E-state index contributed by atoms with van der Waals surface area (Å²) in [5.74, 6) is 1.02. The largest absolute Gasteiger partial charge is 0.357 e. The summed E-state index contributed by atoms with van der Waals surface area (Å²) in [6, 6.07) is 0. The fourth-order valence-corrected chi connectivity index (χ4v) is 5.96. The zero-order valence-electron chi connectivity index (χ0n) is 15.2. The highest BCUT2D eigenvalue weighted by Gasteiger charge is 2.64. The van der Waals surface area contributed by atoms with Gasteiger partial charge in [-0.1, -0.05) is 33.4 Å². The molecule has 0 spiro atoms. The fourth-order valence-electron chi connectivity index (χ4n) is 5.96. The molecule has 2 aliphatic carbocycles. The van der Waals surface area contributed by atoms with Gasteiger partial charge < -0.3 is 4.74 Å². The van der Waals surface area contributed by atoms with Gasteiger partial charge in [0.1, 0.15) is 11.4 Å². The first kappa shape index (κ1) is 16.9. The third-order valence-corrected chi connectivity index (χ3v) is 7.52. The second kappa shape index (κ2) is 4.78. The van der Waals surface area contributed by atoms with E-state index >= 15 is 0 Å². The molecule has 0 aromatic carbocycles. The zero-order chi connectivity index (χ0) is 17.3. The second-order valence-corrected chi connectivity index (χ2v) is 9.15. The van der Waals surface area contributed by atoms with Crippen molar-refractivity contribution in [3.63, 3.8) is 0 Å². The Bertz CT molecular complexity index is 577. The number of rotatable bonds is 1. The van der Waals surface area contributed by atoms with Crippen LogP contribution in [-0.2, 0) is 14.3 Å². The van der Waals surface area contributed by atoms with Gasteiger partial charge in [-0.2, -0.15) is 0 Å². The van der Waals surface area contributed by atoms with Crippen LogP contribution in [0.3, 0.4) is 0 Å². The van der Waals surface area contributed by atoms with Crippen LogP contribution in [0.4, 0.5) is 0 Å². The first-order chi connectivity index (χ1) is 10.5. The van der Waals surface area contributed by atoms with Gasteiger partial charge in [0.2, 0.25) is 0 Å². The van der Waals surface area contributed by atoms with Crippen LogP contribution in [0.2, 0.25) is 0 Å². The average Bonchev–Trinajstić information content (AvgIpc) is 2.46. The quantitative estimate of drug-likeness (QED) is 0.684. The Morgan fingerprint density at radius 3 is 2.30 bits per heavy atom. The van der Waals surface area contributed by atoms with Gasteiger partial charge in [-0.3, -0.25) is 9.59 Å². The molecule has 0 radical (unpaired) electrons. The summed E-state index contributed by atoms with van der Waals surface area (Å²) in [5, 5.41) is 0. The van der Waals surface area contributed by atoms with E-state index < -0.39 is 5.60 Å². The molecule has 3 rings (SSSR count). The van der Waals surface area contributed by atoms with E-state index in [2.05, 4.69) is 34.3 Å². The van der Waals surface area contributed by atoms with E-state index in [9.17, 15) is 9.59 Å². The number of carbonyl (C=O) groups excluding carboxylic acids is 2. The Morgan fingerprint density at radius 2 is 1.70 bits per heavy atom. The van der Waals surface area contributed by atoms with Gasteiger partial charge in [-0.15, -0.1) is 0 Å². The summed E-state index contributed by atoms with van der Waals surface area (Å²) < 4.78 is 6.38. The lowest BCUT2D eigenvalue weighted by atomic mass is 9.44. The maximum absolute atomic E-state index is 12.7. The lowest BCUT2D eigenvalue weighted by Gasteiger charge is -2.64. The SMILES string of the molecule is C=C[C@]1(C)O[C@@]2(C)CCC3C(C)(C)C(=O)CC[C@@]3(C)C2CC1=O. The average molecular weight is 318 g/mol. The molecule has 128 valence electrons. The van der Waals surface area contributed by atoms with Crippen molar-refractivity contribution in [3.05, 3.63) is 12.7 Å². The van der Waals surface area contributed by atoms with Gasteiger partial charge in [0.15, 0.2) is 5.78 Å². The fraction of sp³-hybridized carbons (Fsp3) is 0.800. The van der Waals surface area contributed by atoms with Gasteiger partial charge >= 0.3 is 0 Å². The van der Waals surface area contributed by atoms with Crippen LogP contribution in [0.5, 0.6) is 0 Å². The number of hydrogen-bond donors (Lipinski definition) is 0. The van der Waals surface area contributed by atoms with E-state index in [1.807, 2.05) is 6.92 Å². The minimum absolute atomic E-state index is 0.0113. The third kappa shape index (κ3) is 2.12. The minimum Gasteiger partial charge on any atom is -0.357 e. The van der Waals surface area contributed by atoms with Crippen molar-refractivity contribution in [1.29, 1.82) is 0 Å². The smallest absolute Gasteiger partial charge is 0.168 e. The third-order valence-electron chi connectivity index (χ3n) is 7.52. The van der Waals surface area contributed by atoms with Gasteiger partial charge in [0, 0.05) is 24.2 Å². The Kier molecular flexibility index (Phi) is 3.51. The lowest BCUT2D eigenvalue weighted by molar-refractivity contribution is -0.240. The van der Waals surface area contributed by atoms with E-state index in [0.717, 1.165) is 19.3 Å². The molecule has 3 nitrogen and oxygen atoms in total. The number of hydrogen-bond acceptors (Lipinski definition) is 3. The molecule has 2 saturated carbocycles. The normalized spacial score (nSPS) is 49.3. The van der Waals surface area contributed by atoms with E-state index in [0.29, 0.717) is 24.5 Å². The van der Waals surface area contributed by atoms with Crippen molar-refractivity contribution in [2.45, 2.75) is 77.9 Å². The van der Waals surface area contributed by atoms with Crippen LogP contribution < -0.4 is 0 Å². The molecule has 0 aromatic heterocycles. The molecule has 3 fully saturated rings. The lowest BCUT2D eigenvalue weighted by Crippen LogP contribution is -2.65. The highest BCUT2D eigenvalue weighted by Crippen LogP contribution is 2.64. The van der Waals surface area contributed by atoms with Crippen molar-refractivity contribution >= 4 is 11.6 Å². The van der Waals surface area contributed by atoms with Crippen LogP contribution in [0.15, 0.2) is 12.7 Å². The van der Waals surface area contributed by atoms with Gasteiger partial charge in [0.05, 0.1) is 5.60 Å². The van der Waals surface area contributed by atoms with Crippen molar-refractivity contribution in [2.24, 2.45) is 22.7 Å². The van der Waals surface area contributed by atoms with Crippen LogP contribution in [0, 0.1) is 22.7 Å². The highest BCUT2D eigenvalue weighted by molar-refractivity contribution is 5.90. The van der Waals surface area contributed by atoms with Crippen molar-refractivity contribution in [2.75, 3.05) is 0 Å². The summed E-state index contributed by atoms with van der Waals surface area (Å²) in [6.07, 6.45) is 5.59. The monoisotopic (exact) mass is 318 g/mol. The van der Waals surface area contributed by atoms with E-state index in [4.69, 9.17) is 4.74 Å². The van der Waals surface area contributed by atoms with Crippen molar-refractivity contribution in [3.8, 4) is 0 Å². The molecular formula is C20H30O3. The number of Topliss-reactive ketones (excluding diaryl/α,β-unsaturated/α-hetero) is 2. The highest BCUT2D eigenvalue weighted by atomic mass is 16.5. The first-order valence-electron chi connectivity index (χ1n) is 8.90. The van der Waals surface area contributed by atoms with Gasteiger partial charge in [0.25, 0.3) is 0 Å². The molecule has 3 heteroatoms. The van der Waals surface area contributed by atoms with E-state index in [1.165, 1.54) is 0 Å². The van der Waals surface area contributed by atoms with Crippen LogP contribution in [0.25, 0.3) is 0 Å². The molecule has 0 N–H and O–H groups in total. The molecule has 1 saturated heterocycles. The summed E-state index contributed by atoms with van der Waals surface area (Å²) in [4.78, 5) is 25.2. The van der Waals surface area contributed by atoms with Gasteiger partial charge in [-0.05, 0) is 44.4 Å². The molecule has 5 atom stereocenters. The summed E-state index contributed by atoms with van der Waals surface area (Å²) >= 11 is 0. The summed E-state index contributed by atoms with van der Waals surface area (Å²) in [7, 11) is 0. The zero-order valence-corrected chi connectivity index (χ0v) is 15.2. The van der Waals surface area contributed by atoms with Crippen LogP contribution >= 0.6 is 0 Å². The number of carbonyl (C=O) groups is 2. The molecule has 0 aromatic rings. The topological polar surface area (TPSA) is 43.4 Å². The molecule has 0 bridgehead atoms. The van der Waals surface area contributed by atoms with Gasteiger partial charge in [-0.25, -0.2) is 0 Å². The molecule has 0 amide bonds. The Balaban J connectivity index is 2.02. The summed E-state index contributed by atoms with van der Waals surface area (Å²) in [5.41, 5.74) is -1.48. The van der Waals surface area contributed by atoms with Crippen LogP contribution in [0.1, 0.15) is 66.7 Å². The number of fused-ring (bicyclic) bond motifs is 3. The first-order valence-corrected chi connectivity index (χ1v) is 8.90. The molecule has 1 heterocycles. The Morgan fingerprint density at radius 1 is 1.04 bits per heavy atom. The molecule has 23 heavy (non-hydrogen) atoms. The predicted molar refractivity (Wildman–Crippen MR) is 90.1 cm³/mol. The minimum atomic E-state index is -0.867. The molecular weight excluding hydrogens is 288 g/mol. The standard InChI is InChI=1S/C20H30O3/c1-7-19(5)16(22)12-14-18(4)10-9-15(21)17(2,3)13(18)8-11-20(14,6)23-19/h7,13-14H,1,8-12H2,2-6H3/t13?,14?,18-,19+,20+/m1/s1. The van der Waals surface area contributed by atoms with Crippen molar-refractivity contribution in [1.82, 2.24) is 0 Å². The van der Waals surface area contributed by atoms with Crippen molar-refractivity contribution < 1.29 is 14.3 Å². The number of ketones is 2. The summed E-state index contributed by atoms with van der Waals surface area (Å²) in [6.45, 7) is 14.3. The molecule has 1 aliphatic heterocycles. The van der Waals surface area contributed by atoms with Crippen LogP contribution in [-0.4, -0.2) is 22.8 Å². The predicted octanol–water partition coefficient (Wildman–Crippen LogP) is 4.10. The number of ether oxygens (including phenoxy) is 1. The van der Waals surface area contributed by atoms with E-state index in [1.54, 1.807) is 6.08 Å². The maximum atomic E-state index is 12.7. The Labute approximate surface area is 139 Å². The maximum Gasteiger partial charge on any atom is 0.168 e.